The van der Waals surface area contributed by atoms with E-state index in [1.54, 1.807) is 31.2 Å². The lowest BCUT2D eigenvalue weighted by Gasteiger charge is -2.02. The van der Waals surface area contributed by atoms with Crippen LogP contribution in [0.25, 0.3) is 22.6 Å². The third-order valence-corrected chi connectivity index (χ3v) is 3.20. The molecule has 0 aliphatic rings. The van der Waals surface area contributed by atoms with E-state index in [1.807, 2.05) is 0 Å². The molecule has 1 aromatic heterocycles. The molecule has 0 saturated heterocycles. The second-order valence-corrected chi connectivity index (χ2v) is 4.73. The molecule has 1 heterocycles. The molecule has 7 nitrogen and oxygen atoms in total. The lowest BCUT2D eigenvalue weighted by molar-refractivity contribution is -0.384. The summed E-state index contributed by atoms with van der Waals surface area (Å²) in [6.45, 7) is 2.02. The SMILES string of the molecule is CCOC(=O)c1cccc(-c2nc3cc([N+](=O)[O-])ccc3o2)c1. The summed E-state index contributed by atoms with van der Waals surface area (Å²) in [6.07, 6.45) is 0. The highest BCUT2D eigenvalue weighted by molar-refractivity contribution is 5.91. The van der Waals surface area contributed by atoms with Gasteiger partial charge in [-0.25, -0.2) is 9.78 Å². The Bertz CT molecular complexity index is 900. The molecule has 23 heavy (non-hydrogen) atoms. The van der Waals surface area contributed by atoms with Gasteiger partial charge in [0, 0.05) is 17.7 Å². The number of fused-ring (bicyclic) bond motifs is 1. The van der Waals surface area contributed by atoms with Crippen LogP contribution in [0.2, 0.25) is 0 Å². The van der Waals surface area contributed by atoms with Crippen LogP contribution < -0.4 is 0 Å². The van der Waals surface area contributed by atoms with Gasteiger partial charge in [0.25, 0.3) is 5.69 Å². The first-order valence-corrected chi connectivity index (χ1v) is 6.91. The zero-order valence-corrected chi connectivity index (χ0v) is 12.2. The number of oxazole rings is 1. The average Bonchev–Trinajstić information content (AvgIpc) is 2.98. The highest BCUT2D eigenvalue weighted by atomic mass is 16.6. The van der Waals surface area contributed by atoms with Crippen LogP contribution in [0.15, 0.2) is 46.9 Å². The summed E-state index contributed by atoms with van der Waals surface area (Å²) >= 11 is 0. The van der Waals surface area contributed by atoms with E-state index in [1.165, 1.54) is 18.2 Å². The molecule has 0 N–H and O–H groups in total. The number of nitrogens with zero attached hydrogens (tertiary/aromatic N) is 2. The number of nitro benzene ring substituents is 1. The molecule has 0 aliphatic carbocycles. The first-order valence-electron chi connectivity index (χ1n) is 6.91. The average molecular weight is 312 g/mol. The molecule has 3 aromatic rings. The number of carbonyl (C=O) groups excluding carboxylic acids is 1. The van der Waals surface area contributed by atoms with Gasteiger partial charge in [-0.1, -0.05) is 6.07 Å². The fraction of sp³-hybridized carbons (Fsp3) is 0.125. The van der Waals surface area contributed by atoms with Gasteiger partial charge in [-0.05, 0) is 31.2 Å². The maximum absolute atomic E-state index is 11.8. The molecule has 0 spiro atoms. The predicted octanol–water partition coefficient (Wildman–Crippen LogP) is 3.58. The molecule has 0 fully saturated rings. The van der Waals surface area contributed by atoms with Crippen LogP contribution in [0.4, 0.5) is 5.69 Å². The van der Waals surface area contributed by atoms with Crippen LogP contribution in [-0.2, 0) is 4.74 Å². The van der Waals surface area contributed by atoms with E-state index >= 15 is 0 Å². The summed E-state index contributed by atoms with van der Waals surface area (Å²) in [7, 11) is 0. The van der Waals surface area contributed by atoms with Crippen molar-refractivity contribution in [3.63, 3.8) is 0 Å². The molecule has 2 aromatic carbocycles. The van der Waals surface area contributed by atoms with Crippen molar-refractivity contribution in [1.29, 1.82) is 0 Å². The lowest BCUT2D eigenvalue weighted by atomic mass is 10.1. The minimum Gasteiger partial charge on any atom is -0.462 e. The smallest absolute Gasteiger partial charge is 0.338 e. The van der Waals surface area contributed by atoms with Crippen molar-refractivity contribution in [3.8, 4) is 11.5 Å². The number of carbonyl (C=O) groups is 1. The van der Waals surface area contributed by atoms with Crippen molar-refractivity contribution in [1.82, 2.24) is 4.98 Å². The maximum atomic E-state index is 11.8. The molecule has 0 bridgehead atoms. The second kappa shape index (κ2) is 5.88. The molecule has 0 saturated carbocycles. The summed E-state index contributed by atoms with van der Waals surface area (Å²) in [5.41, 5.74) is 1.74. The summed E-state index contributed by atoms with van der Waals surface area (Å²) in [4.78, 5) is 26.3. The van der Waals surface area contributed by atoms with Crippen molar-refractivity contribution in [3.05, 3.63) is 58.1 Å². The van der Waals surface area contributed by atoms with Gasteiger partial charge in [0.05, 0.1) is 17.1 Å². The Morgan fingerprint density at radius 3 is 2.87 bits per heavy atom. The molecular formula is C16H12N2O5. The predicted molar refractivity (Wildman–Crippen MR) is 82.1 cm³/mol. The van der Waals surface area contributed by atoms with E-state index in [-0.39, 0.29) is 18.2 Å². The zero-order valence-electron chi connectivity index (χ0n) is 12.2. The number of rotatable bonds is 4. The summed E-state index contributed by atoms with van der Waals surface area (Å²) in [5, 5.41) is 10.8. The first-order chi connectivity index (χ1) is 11.1. The van der Waals surface area contributed by atoms with Crippen LogP contribution in [0.5, 0.6) is 0 Å². The second-order valence-electron chi connectivity index (χ2n) is 4.73. The van der Waals surface area contributed by atoms with Gasteiger partial charge in [0.1, 0.15) is 5.52 Å². The largest absolute Gasteiger partial charge is 0.462 e. The van der Waals surface area contributed by atoms with Crippen molar-refractivity contribution in [2.45, 2.75) is 6.92 Å². The minimum atomic E-state index is -0.491. The number of non-ortho nitro benzene ring substituents is 1. The van der Waals surface area contributed by atoms with Gasteiger partial charge in [-0.2, -0.15) is 0 Å². The van der Waals surface area contributed by atoms with E-state index in [0.29, 0.717) is 22.2 Å². The molecular weight excluding hydrogens is 300 g/mol. The van der Waals surface area contributed by atoms with Crippen molar-refractivity contribution >= 4 is 22.8 Å². The van der Waals surface area contributed by atoms with Crippen LogP contribution >= 0.6 is 0 Å². The van der Waals surface area contributed by atoms with Crippen LogP contribution in [0, 0.1) is 10.1 Å². The Morgan fingerprint density at radius 2 is 2.13 bits per heavy atom. The molecule has 0 amide bonds. The Kier molecular flexibility index (Phi) is 3.76. The van der Waals surface area contributed by atoms with Crippen LogP contribution in [0.1, 0.15) is 17.3 Å². The van der Waals surface area contributed by atoms with E-state index in [4.69, 9.17) is 9.15 Å². The number of ether oxygens (including phenoxy) is 1. The Labute approximate surface area is 130 Å². The highest BCUT2D eigenvalue weighted by Gasteiger charge is 2.14. The van der Waals surface area contributed by atoms with Crippen molar-refractivity contribution in [2.24, 2.45) is 0 Å². The van der Waals surface area contributed by atoms with Crippen LogP contribution in [-0.4, -0.2) is 22.5 Å². The topological polar surface area (TPSA) is 95.5 Å². The third-order valence-electron chi connectivity index (χ3n) is 3.20. The van der Waals surface area contributed by atoms with E-state index in [0.717, 1.165) is 0 Å². The Morgan fingerprint density at radius 1 is 1.30 bits per heavy atom. The van der Waals surface area contributed by atoms with Crippen molar-refractivity contribution < 1.29 is 18.9 Å². The van der Waals surface area contributed by atoms with Crippen LogP contribution in [0.3, 0.4) is 0 Å². The number of hydrogen-bond acceptors (Lipinski definition) is 6. The summed E-state index contributed by atoms with van der Waals surface area (Å²) in [5.74, 6) is -0.146. The van der Waals surface area contributed by atoms with E-state index in [2.05, 4.69) is 4.98 Å². The summed E-state index contributed by atoms with van der Waals surface area (Å²) in [6, 6.07) is 10.9. The first kappa shape index (κ1) is 14.7. The standard InChI is InChI=1S/C16H12N2O5/c1-2-22-16(19)11-5-3-4-10(8-11)15-17-13-9-12(18(20)21)6-7-14(13)23-15/h3-9H,2H2,1H3. The maximum Gasteiger partial charge on any atom is 0.338 e. The summed E-state index contributed by atoms with van der Waals surface area (Å²) < 4.78 is 10.6. The van der Waals surface area contributed by atoms with Gasteiger partial charge in [0.2, 0.25) is 5.89 Å². The van der Waals surface area contributed by atoms with Gasteiger partial charge in [0.15, 0.2) is 5.58 Å². The molecule has 0 unspecified atom stereocenters. The van der Waals surface area contributed by atoms with E-state index < -0.39 is 10.9 Å². The molecule has 0 aliphatic heterocycles. The monoisotopic (exact) mass is 312 g/mol. The fourth-order valence-corrected chi connectivity index (χ4v) is 2.15. The highest BCUT2D eigenvalue weighted by Crippen LogP contribution is 2.27. The molecule has 7 heteroatoms. The lowest BCUT2D eigenvalue weighted by Crippen LogP contribution is -2.04. The number of hydrogen-bond donors (Lipinski definition) is 0. The zero-order chi connectivity index (χ0) is 16.4. The Hall–Kier alpha value is -3.22. The minimum absolute atomic E-state index is 0.0578. The Balaban J connectivity index is 2.01. The van der Waals surface area contributed by atoms with Crippen molar-refractivity contribution in [2.75, 3.05) is 6.61 Å². The number of nitro groups is 1. The van der Waals surface area contributed by atoms with Gasteiger partial charge < -0.3 is 9.15 Å². The van der Waals surface area contributed by atoms with E-state index in [9.17, 15) is 14.9 Å². The molecule has 0 atom stereocenters. The molecule has 3 rings (SSSR count). The third kappa shape index (κ3) is 2.89. The van der Waals surface area contributed by atoms with Gasteiger partial charge >= 0.3 is 5.97 Å². The van der Waals surface area contributed by atoms with Gasteiger partial charge in [-0.3, -0.25) is 10.1 Å². The number of benzene rings is 2. The molecule has 0 radical (unpaired) electrons. The number of esters is 1. The fourth-order valence-electron chi connectivity index (χ4n) is 2.15. The molecule has 116 valence electrons. The number of aromatic nitrogens is 1. The van der Waals surface area contributed by atoms with Gasteiger partial charge in [-0.15, -0.1) is 0 Å². The normalized spacial score (nSPS) is 10.7. The quantitative estimate of drug-likeness (QED) is 0.415.